The first kappa shape index (κ1) is 14.7. The summed E-state index contributed by atoms with van der Waals surface area (Å²) in [5, 5.41) is 0. The molecule has 0 saturated heterocycles. The van der Waals surface area contributed by atoms with E-state index in [1.807, 2.05) is 60.7 Å². The van der Waals surface area contributed by atoms with Crippen molar-refractivity contribution >= 4 is 11.6 Å². The molecule has 2 unspecified atom stereocenters. The summed E-state index contributed by atoms with van der Waals surface area (Å²) in [5.41, 5.74) is 1.64. The van der Waals surface area contributed by atoms with E-state index in [0.717, 1.165) is 24.8 Å². The molecule has 2 nitrogen and oxygen atoms in total. The minimum Gasteiger partial charge on any atom is -0.299 e. The van der Waals surface area contributed by atoms with Crippen molar-refractivity contribution in [3.05, 3.63) is 71.8 Å². The first-order chi connectivity index (χ1) is 10.8. The molecular weight excluding hydrogens is 272 g/mol. The highest BCUT2D eigenvalue weighted by atomic mass is 16.1. The van der Waals surface area contributed by atoms with Gasteiger partial charge in [0.05, 0.1) is 5.92 Å². The molecule has 2 atom stereocenters. The summed E-state index contributed by atoms with van der Waals surface area (Å²) in [7, 11) is 0. The number of carbonyl (C=O) groups excluding carboxylic acids is 2. The average Bonchev–Trinajstić information content (AvgIpc) is 2.58. The van der Waals surface area contributed by atoms with Gasteiger partial charge in [-0.25, -0.2) is 0 Å². The fourth-order valence-electron chi connectivity index (χ4n) is 3.37. The van der Waals surface area contributed by atoms with Gasteiger partial charge in [-0.15, -0.1) is 0 Å². The van der Waals surface area contributed by atoms with Gasteiger partial charge in [-0.2, -0.15) is 0 Å². The molecule has 0 N–H and O–H groups in total. The first-order valence-corrected chi connectivity index (χ1v) is 7.94. The fourth-order valence-corrected chi connectivity index (χ4v) is 3.37. The van der Waals surface area contributed by atoms with Crippen LogP contribution >= 0.6 is 0 Å². The molecule has 1 aliphatic carbocycles. The van der Waals surface area contributed by atoms with E-state index in [2.05, 4.69) is 0 Å². The Balaban J connectivity index is 1.99. The van der Waals surface area contributed by atoms with Crippen molar-refractivity contribution in [3.63, 3.8) is 0 Å². The van der Waals surface area contributed by atoms with E-state index in [1.54, 1.807) is 0 Å². The van der Waals surface area contributed by atoms with Crippen molar-refractivity contribution in [1.29, 1.82) is 0 Å². The van der Waals surface area contributed by atoms with E-state index in [-0.39, 0.29) is 23.4 Å². The van der Waals surface area contributed by atoms with E-state index in [9.17, 15) is 9.59 Å². The van der Waals surface area contributed by atoms with Gasteiger partial charge in [-0.05, 0) is 18.4 Å². The van der Waals surface area contributed by atoms with Crippen LogP contribution in [0.3, 0.4) is 0 Å². The van der Waals surface area contributed by atoms with Crippen LogP contribution in [0.5, 0.6) is 0 Å². The van der Waals surface area contributed by atoms with Gasteiger partial charge in [-0.1, -0.05) is 67.1 Å². The molecule has 3 rings (SSSR count). The van der Waals surface area contributed by atoms with E-state index in [0.29, 0.717) is 12.0 Å². The molecule has 0 radical (unpaired) electrons. The monoisotopic (exact) mass is 292 g/mol. The Morgan fingerprint density at radius 3 is 2.18 bits per heavy atom. The standard InChI is InChI=1S/C20H20O2/c21-18-14-8-7-13-17(18)19(15-9-3-1-4-10-15)20(22)16-11-5-2-6-12-16/h1-6,9-12,17,19H,7-8,13-14H2. The van der Waals surface area contributed by atoms with Crippen LogP contribution in [-0.4, -0.2) is 11.6 Å². The molecule has 2 heteroatoms. The third-order valence-corrected chi connectivity index (χ3v) is 4.50. The second-order valence-electron chi connectivity index (χ2n) is 5.94. The molecule has 0 aliphatic heterocycles. The summed E-state index contributed by atoms with van der Waals surface area (Å²) < 4.78 is 0. The molecule has 0 spiro atoms. The zero-order chi connectivity index (χ0) is 15.4. The maximum Gasteiger partial charge on any atom is 0.171 e. The Morgan fingerprint density at radius 1 is 0.909 bits per heavy atom. The van der Waals surface area contributed by atoms with Gasteiger partial charge < -0.3 is 0 Å². The fraction of sp³-hybridized carbons (Fsp3) is 0.300. The van der Waals surface area contributed by atoms with Gasteiger partial charge in [0.1, 0.15) is 5.78 Å². The Kier molecular flexibility index (Phi) is 4.47. The SMILES string of the molecule is O=C1CCCCC1C(C(=O)c1ccccc1)c1ccccc1. The Bertz CT molecular complexity index is 646. The number of carbonyl (C=O) groups is 2. The normalized spacial score (nSPS) is 19.6. The predicted molar refractivity (Wildman–Crippen MR) is 86.9 cm³/mol. The maximum absolute atomic E-state index is 13.0. The molecule has 112 valence electrons. The molecule has 2 aromatic carbocycles. The lowest BCUT2D eigenvalue weighted by Gasteiger charge is -2.28. The van der Waals surface area contributed by atoms with Crippen molar-refractivity contribution in [2.45, 2.75) is 31.6 Å². The van der Waals surface area contributed by atoms with Crippen LogP contribution in [0.4, 0.5) is 0 Å². The largest absolute Gasteiger partial charge is 0.299 e. The van der Waals surface area contributed by atoms with Crippen LogP contribution in [0, 0.1) is 5.92 Å². The zero-order valence-electron chi connectivity index (χ0n) is 12.6. The van der Waals surface area contributed by atoms with E-state index in [1.165, 1.54) is 0 Å². The van der Waals surface area contributed by atoms with Gasteiger partial charge in [0.25, 0.3) is 0 Å². The summed E-state index contributed by atoms with van der Waals surface area (Å²) >= 11 is 0. The summed E-state index contributed by atoms with van der Waals surface area (Å²) in [5.74, 6) is -0.225. The van der Waals surface area contributed by atoms with Crippen molar-refractivity contribution in [1.82, 2.24) is 0 Å². The summed E-state index contributed by atoms with van der Waals surface area (Å²) in [6.45, 7) is 0. The summed E-state index contributed by atoms with van der Waals surface area (Å²) in [6.07, 6.45) is 3.41. The third-order valence-electron chi connectivity index (χ3n) is 4.50. The number of ketones is 2. The highest BCUT2D eigenvalue weighted by Crippen LogP contribution is 2.36. The Labute approximate surface area is 131 Å². The second kappa shape index (κ2) is 6.69. The minimum atomic E-state index is -0.351. The van der Waals surface area contributed by atoms with Crippen LogP contribution in [0.25, 0.3) is 0 Å². The first-order valence-electron chi connectivity index (χ1n) is 7.94. The van der Waals surface area contributed by atoms with Crippen molar-refractivity contribution in [2.24, 2.45) is 5.92 Å². The molecule has 0 heterocycles. The Morgan fingerprint density at radius 2 is 1.55 bits per heavy atom. The van der Waals surface area contributed by atoms with Crippen LogP contribution < -0.4 is 0 Å². The highest BCUT2D eigenvalue weighted by molar-refractivity contribution is 6.04. The number of rotatable bonds is 4. The summed E-state index contributed by atoms with van der Waals surface area (Å²) in [6, 6.07) is 19.1. The number of hydrogen-bond donors (Lipinski definition) is 0. The van der Waals surface area contributed by atoms with Gasteiger partial charge in [0, 0.05) is 17.9 Å². The highest BCUT2D eigenvalue weighted by Gasteiger charge is 2.36. The van der Waals surface area contributed by atoms with Crippen molar-refractivity contribution in [2.75, 3.05) is 0 Å². The smallest absolute Gasteiger partial charge is 0.171 e. The lowest BCUT2D eigenvalue weighted by molar-refractivity contribution is -0.125. The molecular formula is C20H20O2. The van der Waals surface area contributed by atoms with Gasteiger partial charge >= 0.3 is 0 Å². The molecule has 22 heavy (non-hydrogen) atoms. The molecule has 0 amide bonds. The van der Waals surface area contributed by atoms with Gasteiger partial charge in [0.2, 0.25) is 0 Å². The molecule has 2 aromatic rings. The molecule has 1 fully saturated rings. The topological polar surface area (TPSA) is 34.1 Å². The zero-order valence-corrected chi connectivity index (χ0v) is 12.6. The lowest BCUT2D eigenvalue weighted by Crippen LogP contribution is -2.30. The van der Waals surface area contributed by atoms with E-state index < -0.39 is 0 Å². The van der Waals surface area contributed by atoms with Crippen LogP contribution in [0.15, 0.2) is 60.7 Å². The minimum absolute atomic E-state index is 0.0621. The summed E-state index contributed by atoms with van der Waals surface area (Å²) in [4.78, 5) is 25.4. The number of Topliss-reactive ketones (excluding diaryl/α,β-unsaturated/α-hetero) is 2. The molecule has 1 saturated carbocycles. The van der Waals surface area contributed by atoms with E-state index >= 15 is 0 Å². The van der Waals surface area contributed by atoms with Gasteiger partial charge in [-0.3, -0.25) is 9.59 Å². The molecule has 1 aliphatic rings. The van der Waals surface area contributed by atoms with E-state index in [4.69, 9.17) is 0 Å². The molecule has 0 bridgehead atoms. The quantitative estimate of drug-likeness (QED) is 0.782. The Hall–Kier alpha value is -2.22. The third kappa shape index (κ3) is 3.01. The second-order valence-corrected chi connectivity index (χ2v) is 5.94. The average molecular weight is 292 g/mol. The molecule has 0 aromatic heterocycles. The van der Waals surface area contributed by atoms with Gasteiger partial charge in [0.15, 0.2) is 5.78 Å². The van der Waals surface area contributed by atoms with Crippen LogP contribution in [0.2, 0.25) is 0 Å². The predicted octanol–water partition coefficient (Wildman–Crippen LogP) is 4.41. The maximum atomic E-state index is 13.0. The lowest BCUT2D eigenvalue weighted by atomic mass is 9.73. The van der Waals surface area contributed by atoms with Crippen molar-refractivity contribution < 1.29 is 9.59 Å². The van der Waals surface area contributed by atoms with Crippen LogP contribution in [-0.2, 0) is 4.79 Å². The number of hydrogen-bond acceptors (Lipinski definition) is 2. The van der Waals surface area contributed by atoms with Crippen LogP contribution in [0.1, 0.15) is 47.5 Å². The number of benzene rings is 2. The van der Waals surface area contributed by atoms with Crippen molar-refractivity contribution in [3.8, 4) is 0 Å².